The number of hydrogen-bond donors (Lipinski definition) is 0. The van der Waals surface area contributed by atoms with Crippen LogP contribution in [0, 0.1) is 6.92 Å². The molecular weight excluding hydrogens is 234 g/mol. The van der Waals surface area contributed by atoms with E-state index in [0.29, 0.717) is 0 Å². The predicted octanol–water partition coefficient (Wildman–Crippen LogP) is 3.03. The van der Waals surface area contributed by atoms with Gasteiger partial charge in [0.2, 0.25) is 5.69 Å². The number of pyridine rings is 1. The zero-order valence-corrected chi connectivity index (χ0v) is 12.8. The molecule has 18 heavy (non-hydrogen) atoms. The maximum absolute atomic E-state index is 7.98. The lowest BCUT2D eigenvalue weighted by atomic mass is 10.1. The molecule has 1 heterocycles. The van der Waals surface area contributed by atoms with Gasteiger partial charge < -0.3 is 0 Å². The van der Waals surface area contributed by atoms with Gasteiger partial charge in [0.1, 0.15) is 7.05 Å². The third-order valence-electron chi connectivity index (χ3n) is 3.22. The van der Waals surface area contributed by atoms with E-state index in [1.54, 1.807) is 6.07 Å². The van der Waals surface area contributed by atoms with Crippen LogP contribution in [0.2, 0.25) is 19.6 Å². The zero-order chi connectivity index (χ0) is 15.9. The summed E-state index contributed by atoms with van der Waals surface area (Å²) in [6.45, 7) is 8.78. The number of rotatable bonds is 2. The van der Waals surface area contributed by atoms with Gasteiger partial charge in [0, 0.05) is 16.8 Å². The lowest BCUT2D eigenvalue weighted by Crippen LogP contribution is -2.44. The molecule has 2 heteroatoms. The predicted molar refractivity (Wildman–Crippen MR) is 80.8 cm³/mol. The molecule has 0 bridgehead atoms. The first-order valence-corrected chi connectivity index (χ1v) is 9.71. The molecule has 0 aliphatic heterocycles. The van der Waals surface area contributed by atoms with Crippen LogP contribution in [0.5, 0.6) is 0 Å². The molecule has 0 spiro atoms. The second-order valence-electron chi connectivity index (χ2n) is 5.74. The molecule has 0 saturated heterocycles. The second-order valence-corrected chi connectivity index (χ2v) is 10.8. The normalized spacial score (nSPS) is 13.9. The average Bonchev–Trinajstić information content (AvgIpc) is 2.40. The molecule has 0 amide bonds. The first kappa shape index (κ1) is 9.51. The molecule has 0 atom stereocenters. The van der Waals surface area contributed by atoms with Crippen molar-refractivity contribution in [1.29, 1.82) is 0 Å². The van der Waals surface area contributed by atoms with Gasteiger partial charge in [-0.05, 0) is 18.6 Å². The van der Waals surface area contributed by atoms with E-state index < -0.39 is 8.07 Å². The molecule has 0 saturated carbocycles. The molecule has 2 aromatic rings. The number of hydrogen-bond acceptors (Lipinski definition) is 0. The highest BCUT2D eigenvalue weighted by atomic mass is 28.3. The standard InChI is InChI=1S/C16H22NSi/c1-13-8-6-7-9-15(13)16-11-10-14(12-17(16)2)18(3,4)5/h6-12H,1-5H3/q+1/i6D,7D,8D. The summed E-state index contributed by atoms with van der Waals surface area (Å²) in [6, 6.07) is 6.17. The highest BCUT2D eigenvalue weighted by molar-refractivity contribution is 6.88. The van der Waals surface area contributed by atoms with Crippen molar-refractivity contribution >= 4 is 13.3 Å². The molecule has 0 N–H and O–H groups in total. The summed E-state index contributed by atoms with van der Waals surface area (Å²) < 4.78 is 25.6. The highest BCUT2D eigenvalue weighted by Crippen LogP contribution is 2.19. The van der Waals surface area contributed by atoms with Crippen LogP contribution in [0.3, 0.4) is 0 Å². The van der Waals surface area contributed by atoms with Crippen LogP contribution < -0.4 is 9.75 Å². The van der Waals surface area contributed by atoms with E-state index >= 15 is 0 Å². The molecule has 1 aromatic carbocycles. The van der Waals surface area contributed by atoms with Crippen LogP contribution in [-0.4, -0.2) is 8.07 Å². The van der Waals surface area contributed by atoms with Gasteiger partial charge in [-0.3, -0.25) is 0 Å². The second kappa shape index (κ2) is 4.69. The summed E-state index contributed by atoms with van der Waals surface area (Å²) >= 11 is 0. The number of nitrogens with zero attached hydrogens (tertiary/aromatic N) is 1. The number of aryl methyl sites for hydroxylation is 1. The minimum absolute atomic E-state index is 0.00220. The fraction of sp³-hybridized carbons (Fsp3) is 0.312. The Morgan fingerprint density at radius 2 is 1.83 bits per heavy atom. The van der Waals surface area contributed by atoms with E-state index in [1.165, 1.54) is 5.19 Å². The average molecular weight is 259 g/mol. The minimum Gasteiger partial charge on any atom is -0.201 e. The van der Waals surface area contributed by atoms with Crippen molar-refractivity contribution in [3.8, 4) is 11.3 Å². The summed E-state index contributed by atoms with van der Waals surface area (Å²) in [7, 11) is 0.642. The van der Waals surface area contributed by atoms with Gasteiger partial charge in [-0.1, -0.05) is 43.8 Å². The Hall–Kier alpha value is -1.41. The van der Waals surface area contributed by atoms with Crippen LogP contribution in [-0.2, 0) is 7.05 Å². The first-order chi connectivity index (χ1) is 9.62. The Kier molecular flexibility index (Phi) is 2.48. The summed E-state index contributed by atoms with van der Waals surface area (Å²) in [4.78, 5) is 0. The van der Waals surface area contributed by atoms with Crippen LogP contribution in [0.1, 0.15) is 9.68 Å². The Morgan fingerprint density at radius 1 is 1.11 bits per heavy atom. The van der Waals surface area contributed by atoms with E-state index in [0.717, 1.165) is 16.8 Å². The Labute approximate surface area is 115 Å². The quantitative estimate of drug-likeness (QED) is 0.576. The van der Waals surface area contributed by atoms with Crippen molar-refractivity contribution < 1.29 is 8.68 Å². The van der Waals surface area contributed by atoms with E-state index in [4.69, 9.17) is 4.11 Å². The van der Waals surface area contributed by atoms with E-state index in [9.17, 15) is 0 Å². The lowest BCUT2D eigenvalue weighted by molar-refractivity contribution is -0.659. The first-order valence-electron chi connectivity index (χ1n) is 7.71. The summed E-state index contributed by atoms with van der Waals surface area (Å²) in [5.74, 6) is 0. The summed E-state index contributed by atoms with van der Waals surface area (Å²) in [5, 5.41) is 1.38. The van der Waals surface area contributed by atoms with Crippen molar-refractivity contribution in [2.45, 2.75) is 26.6 Å². The third-order valence-corrected chi connectivity index (χ3v) is 5.25. The Morgan fingerprint density at radius 3 is 2.44 bits per heavy atom. The molecule has 0 aliphatic rings. The molecule has 0 fully saturated rings. The minimum atomic E-state index is -1.36. The smallest absolute Gasteiger partial charge is 0.201 e. The molecule has 2 rings (SSSR count). The van der Waals surface area contributed by atoms with Crippen LogP contribution in [0.25, 0.3) is 11.3 Å². The van der Waals surface area contributed by atoms with Crippen molar-refractivity contribution in [2.24, 2.45) is 7.05 Å². The summed E-state index contributed by atoms with van der Waals surface area (Å²) in [5.41, 5.74) is 2.61. The van der Waals surface area contributed by atoms with Gasteiger partial charge in [0.15, 0.2) is 6.20 Å². The van der Waals surface area contributed by atoms with Crippen molar-refractivity contribution in [3.05, 3.63) is 48.1 Å². The Balaban J connectivity index is 2.64. The molecule has 1 nitrogen and oxygen atoms in total. The van der Waals surface area contributed by atoms with Crippen molar-refractivity contribution in [1.82, 2.24) is 0 Å². The van der Waals surface area contributed by atoms with E-state index in [-0.39, 0.29) is 18.1 Å². The number of benzene rings is 1. The van der Waals surface area contributed by atoms with Gasteiger partial charge in [-0.15, -0.1) is 0 Å². The molecule has 0 aliphatic carbocycles. The van der Waals surface area contributed by atoms with Crippen LogP contribution in [0.15, 0.2) is 42.5 Å². The molecule has 1 aromatic heterocycles. The molecule has 94 valence electrons. The van der Waals surface area contributed by atoms with Gasteiger partial charge in [-0.25, -0.2) is 4.57 Å². The molecular formula is C16H22NSi+. The van der Waals surface area contributed by atoms with E-state index in [2.05, 4.69) is 42.5 Å². The monoisotopic (exact) mass is 259 g/mol. The molecule has 0 radical (unpaired) electrons. The maximum atomic E-state index is 7.98. The molecule has 0 unspecified atom stereocenters. The van der Waals surface area contributed by atoms with Gasteiger partial charge in [0.05, 0.1) is 12.2 Å². The topological polar surface area (TPSA) is 3.88 Å². The van der Waals surface area contributed by atoms with Crippen molar-refractivity contribution in [3.63, 3.8) is 0 Å². The fourth-order valence-corrected chi connectivity index (χ4v) is 3.17. The van der Waals surface area contributed by atoms with Gasteiger partial charge in [-0.2, -0.15) is 0 Å². The largest absolute Gasteiger partial charge is 0.212 e. The highest BCUT2D eigenvalue weighted by Gasteiger charge is 2.21. The van der Waals surface area contributed by atoms with Gasteiger partial charge in [0.25, 0.3) is 0 Å². The van der Waals surface area contributed by atoms with Gasteiger partial charge >= 0.3 is 0 Å². The van der Waals surface area contributed by atoms with Crippen molar-refractivity contribution in [2.75, 3.05) is 0 Å². The van der Waals surface area contributed by atoms with E-state index in [1.807, 2.05) is 14.0 Å². The SMILES string of the molecule is [2H]c1cc(-c2ccc([Si](C)(C)C)c[n+]2C)c(C)c([2H])c1[2H]. The number of aromatic nitrogens is 1. The van der Waals surface area contributed by atoms with Crippen LogP contribution in [0.4, 0.5) is 0 Å². The fourth-order valence-electron chi connectivity index (χ4n) is 2.01. The van der Waals surface area contributed by atoms with Crippen LogP contribution >= 0.6 is 0 Å². The third kappa shape index (κ3) is 2.54. The summed E-state index contributed by atoms with van der Waals surface area (Å²) in [6.07, 6.45) is 2.16. The maximum Gasteiger partial charge on any atom is 0.212 e. The Bertz CT molecular complexity index is 706. The zero-order valence-electron chi connectivity index (χ0n) is 14.8. The lowest BCUT2D eigenvalue weighted by Gasteiger charge is -2.15.